The molecule has 0 aliphatic rings. The Balaban J connectivity index is 2.03. The summed E-state index contributed by atoms with van der Waals surface area (Å²) in [6, 6.07) is 20.8. The standard InChI is InChI=1S/C30H37N3O6S/c1-5-20-31-30(35)28(6-2)32(21-23-12-16-25(38-3)17-13-23)29(34)22-33(24-14-18-26(39-4)19-15-24)40(36,37)27-10-8-7-9-11-27/h7-19,28H,5-6,20-22H2,1-4H3,(H,31,35)/t28-/m1/s1. The summed E-state index contributed by atoms with van der Waals surface area (Å²) >= 11 is 0. The van der Waals surface area contributed by atoms with Crippen LogP contribution in [0, 0.1) is 0 Å². The van der Waals surface area contributed by atoms with Crippen molar-refractivity contribution in [2.45, 2.75) is 44.2 Å². The lowest BCUT2D eigenvalue weighted by Crippen LogP contribution is -2.52. The molecule has 40 heavy (non-hydrogen) atoms. The van der Waals surface area contributed by atoms with Crippen LogP contribution in [-0.2, 0) is 26.2 Å². The van der Waals surface area contributed by atoms with Gasteiger partial charge in [-0.2, -0.15) is 0 Å². The summed E-state index contributed by atoms with van der Waals surface area (Å²) < 4.78 is 39.2. The number of carbonyl (C=O) groups excluding carboxylic acids is 2. The third kappa shape index (κ3) is 7.53. The van der Waals surface area contributed by atoms with Gasteiger partial charge < -0.3 is 19.7 Å². The lowest BCUT2D eigenvalue weighted by atomic mass is 10.1. The maximum absolute atomic E-state index is 14.0. The van der Waals surface area contributed by atoms with Gasteiger partial charge in [0.1, 0.15) is 24.1 Å². The average Bonchev–Trinajstić information content (AvgIpc) is 2.99. The van der Waals surface area contributed by atoms with Gasteiger partial charge in [-0.3, -0.25) is 13.9 Å². The number of hydrogen-bond acceptors (Lipinski definition) is 6. The van der Waals surface area contributed by atoms with Crippen molar-refractivity contribution in [1.82, 2.24) is 10.2 Å². The molecule has 0 aliphatic carbocycles. The van der Waals surface area contributed by atoms with Crippen LogP contribution in [0.5, 0.6) is 11.5 Å². The van der Waals surface area contributed by atoms with E-state index >= 15 is 0 Å². The van der Waals surface area contributed by atoms with E-state index in [0.717, 1.165) is 16.3 Å². The minimum atomic E-state index is -4.12. The highest BCUT2D eigenvalue weighted by Crippen LogP contribution is 2.27. The number of nitrogens with zero attached hydrogens (tertiary/aromatic N) is 2. The molecule has 3 aromatic carbocycles. The molecule has 1 N–H and O–H groups in total. The third-order valence-electron chi connectivity index (χ3n) is 6.42. The normalized spacial score (nSPS) is 11.8. The molecule has 3 rings (SSSR count). The van der Waals surface area contributed by atoms with Gasteiger partial charge in [0.25, 0.3) is 10.0 Å². The highest BCUT2D eigenvalue weighted by atomic mass is 32.2. The molecular formula is C30H37N3O6S. The van der Waals surface area contributed by atoms with Crippen molar-refractivity contribution in [3.63, 3.8) is 0 Å². The van der Waals surface area contributed by atoms with E-state index in [0.29, 0.717) is 30.2 Å². The van der Waals surface area contributed by atoms with Gasteiger partial charge in [0.15, 0.2) is 0 Å². The number of ether oxygens (including phenoxy) is 2. The summed E-state index contributed by atoms with van der Waals surface area (Å²) in [5.41, 5.74) is 1.07. The minimum absolute atomic E-state index is 0.0491. The zero-order valence-electron chi connectivity index (χ0n) is 23.4. The molecule has 9 nitrogen and oxygen atoms in total. The van der Waals surface area contributed by atoms with Crippen molar-refractivity contribution >= 4 is 27.5 Å². The second-order valence-electron chi connectivity index (χ2n) is 9.11. The van der Waals surface area contributed by atoms with E-state index in [2.05, 4.69) is 5.32 Å². The number of nitrogens with one attached hydrogen (secondary N) is 1. The van der Waals surface area contributed by atoms with Gasteiger partial charge in [-0.15, -0.1) is 0 Å². The molecular weight excluding hydrogens is 530 g/mol. The Kier molecular flexibility index (Phi) is 11.0. The summed E-state index contributed by atoms with van der Waals surface area (Å²) in [6.07, 6.45) is 1.10. The fourth-order valence-corrected chi connectivity index (χ4v) is 5.65. The van der Waals surface area contributed by atoms with Crippen molar-refractivity contribution in [3.8, 4) is 11.5 Å². The Labute approximate surface area is 236 Å². The Bertz CT molecular complexity index is 1350. The fourth-order valence-electron chi connectivity index (χ4n) is 4.21. The molecule has 1 atom stereocenters. The molecule has 0 unspecified atom stereocenters. The largest absolute Gasteiger partial charge is 0.497 e. The highest BCUT2D eigenvalue weighted by Gasteiger charge is 2.33. The number of sulfonamides is 1. The van der Waals surface area contributed by atoms with Gasteiger partial charge in [-0.25, -0.2) is 8.42 Å². The van der Waals surface area contributed by atoms with Crippen LogP contribution < -0.4 is 19.1 Å². The minimum Gasteiger partial charge on any atom is -0.497 e. The molecule has 0 bridgehead atoms. The number of benzene rings is 3. The van der Waals surface area contributed by atoms with E-state index in [1.807, 2.05) is 26.0 Å². The van der Waals surface area contributed by atoms with E-state index in [-0.39, 0.29) is 17.3 Å². The van der Waals surface area contributed by atoms with Gasteiger partial charge >= 0.3 is 0 Å². The second-order valence-corrected chi connectivity index (χ2v) is 11.0. The molecule has 0 radical (unpaired) electrons. The molecule has 0 spiro atoms. The van der Waals surface area contributed by atoms with Crippen LogP contribution in [0.4, 0.5) is 5.69 Å². The quantitative estimate of drug-likeness (QED) is 0.313. The molecule has 0 aromatic heterocycles. The molecule has 0 heterocycles. The number of anilines is 1. The third-order valence-corrected chi connectivity index (χ3v) is 8.21. The van der Waals surface area contributed by atoms with Crippen molar-refractivity contribution in [2.24, 2.45) is 0 Å². The maximum Gasteiger partial charge on any atom is 0.264 e. The highest BCUT2D eigenvalue weighted by molar-refractivity contribution is 7.92. The first kappa shape index (κ1) is 30.5. The van der Waals surface area contributed by atoms with Crippen LogP contribution in [0.3, 0.4) is 0 Å². The second kappa shape index (κ2) is 14.4. The lowest BCUT2D eigenvalue weighted by molar-refractivity contribution is -0.140. The summed E-state index contributed by atoms with van der Waals surface area (Å²) in [5, 5.41) is 2.88. The first-order valence-corrected chi connectivity index (χ1v) is 14.6. The van der Waals surface area contributed by atoms with Crippen LogP contribution in [0.2, 0.25) is 0 Å². The van der Waals surface area contributed by atoms with E-state index < -0.39 is 28.5 Å². The number of rotatable bonds is 14. The molecule has 3 aromatic rings. The molecule has 214 valence electrons. The van der Waals surface area contributed by atoms with Gasteiger partial charge in [-0.1, -0.05) is 44.2 Å². The molecule has 0 saturated carbocycles. The number of carbonyl (C=O) groups is 2. The molecule has 0 fully saturated rings. The number of methoxy groups -OCH3 is 2. The van der Waals surface area contributed by atoms with Gasteiger partial charge in [-0.05, 0) is 66.9 Å². The van der Waals surface area contributed by atoms with E-state index in [4.69, 9.17) is 9.47 Å². The predicted molar refractivity (Wildman–Crippen MR) is 155 cm³/mol. The smallest absolute Gasteiger partial charge is 0.264 e. The van der Waals surface area contributed by atoms with Crippen molar-refractivity contribution < 1.29 is 27.5 Å². The zero-order valence-corrected chi connectivity index (χ0v) is 24.2. The van der Waals surface area contributed by atoms with Gasteiger partial charge in [0.2, 0.25) is 11.8 Å². The van der Waals surface area contributed by atoms with Crippen LogP contribution in [0.25, 0.3) is 0 Å². The average molecular weight is 568 g/mol. The van der Waals surface area contributed by atoms with Crippen LogP contribution in [0.1, 0.15) is 32.3 Å². The Morgan fingerprint density at radius 2 is 1.43 bits per heavy atom. The fraction of sp³-hybridized carbons (Fsp3) is 0.333. The van der Waals surface area contributed by atoms with Crippen molar-refractivity contribution in [3.05, 3.63) is 84.4 Å². The van der Waals surface area contributed by atoms with Crippen LogP contribution >= 0.6 is 0 Å². The van der Waals surface area contributed by atoms with Crippen molar-refractivity contribution in [2.75, 3.05) is 31.6 Å². The molecule has 0 aliphatic heterocycles. The summed E-state index contributed by atoms with van der Waals surface area (Å²) in [7, 11) is -1.04. The topological polar surface area (TPSA) is 105 Å². The van der Waals surface area contributed by atoms with E-state index in [1.54, 1.807) is 61.7 Å². The molecule has 0 saturated heterocycles. The zero-order chi connectivity index (χ0) is 29.1. The molecule has 10 heteroatoms. The number of amides is 2. The first-order chi connectivity index (χ1) is 19.2. The van der Waals surface area contributed by atoms with Crippen LogP contribution in [-0.4, -0.2) is 58.5 Å². The van der Waals surface area contributed by atoms with Gasteiger partial charge in [0.05, 0.1) is 24.8 Å². The Morgan fingerprint density at radius 3 is 1.95 bits per heavy atom. The Hall–Kier alpha value is -4.05. The van der Waals surface area contributed by atoms with E-state index in [9.17, 15) is 18.0 Å². The van der Waals surface area contributed by atoms with Gasteiger partial charge in [0, 0.05) is 13.1 Å². The maximum atomic E-state index is 14.0. The van der Waals surface area contributed by atoms with E-state index in [1.165, 1.54) is 24.1 Å². The predicted octanol–water partition coefficient (Wildman–Crippen LogP) is 4.23. The SMILES string of the molecule is CCCNC(=O)[C@@H](CC)N(Cc1ccc(OC)cc1)C(=O)CN(c1ccc(OC)cc1)S(=O)(=O)c1ccccc1. The molecule has 2 amide bonds. The lowest BCUT2D eigenvalue weighted by Gasteiger charge is -2.33. The monoisotopic (exact) mass is 567 g/mol. The number of hydrogen-bond donors (Lipinski definition) is 1. The summed E-state index contributed by atoms with van der Waals surface area (Å²) in [4.78, 5) is 28.7. The van der Waals surface area contributed by atoms with Crippen LogP contribution in [0.15, 0.2) is 83.8 Å². The first-order valence-electron chi connectivity index (χ1n) is 13.2. The van der Waals surface area contributed by atoms with Crippen molar-refractivity contribution in [1.29, 1.82) is 0 Å². The summed E-state index contributed by atoms with van der Waals surface area (Å²) in [6.45, 7) is 3.86. The Morgan fingerprint density at radius 1 is 0.850 bits per heavy atom. The summed E-state index contributed by atoms with van der Waals surface area (Å²) in [5.74, 6) is 0.415.